The predicted octanol–water partition coefficient (Wildman–Crippen LogP) is 4.98. The summed E-state index contributed by atoms with van der Waals surface area (Å²) in [5, 5.41) is 12.4. The van der Waals surface area contributed by atoms with Gasteiger partial charge in [0.25, 0.3) is 5.91 Å². The lowest BCUT2D eigenvalue weighted by Crippen LogP contribution is -2.26. The molecule has 1 aromatic heterocycles. The average molecular weight is 398 g/mol. The van der Waals surface area contributed by atoms with Crippen molar-refractivity contribution in [2.75, 3.05) is 6.54 Å². The predicted molar refractivity (Wildman–Crippen MR) is 121 cm³/mol. The van der Waals surface area contributed by atoms with Crippen molar-refractivity contribution in [3.05, 3.63) is 93.8 Å². The van der Waals surface area contributed by atoms with Gasteiger partial charge < -0.3 is 9.88 Å². The van der Waals surface area contributed by atoms with Crippen molar-refractivity contribution in [1.29, 1.82) is 5.26 Å². The number of carbonyl (C=O) groups is 1. The highest BCUT2D eigenvalue weighted by molar-refractivity contribution is 6.01. The maximum absolute atomic E-state index is 12.5. The number of carbonyl (C=O) groups excluding carboxylic acids is 1. The van der Waals surface area contributed by atoms with E-state index < -0.39 is 0 Å². The van der Waals surface area contributed by atoms with Crippen LogP contribution >= 0.6 is 0 Å². The quantitative estimate of drug-likeness (QED) is 0.471. The van der Waals surface area contributed by atoms with Crippen molar-refractivity contribution in [2.24, 2.45) is 0 Å². The molecule has 4 heteroatoms. The van der Waals surface area contributed by atoms with Crippen molar-refractivity contribution >= 4 is 12.0 Å². The lowest BCUT2D eigenvalue weighted by Gasteiger charge is -2.15. The lowest BCUT2D eigenvalue weighted by atomic mass is 10.1. The van der Waals surface area contributed by atoms with Crippen LogP contribution in [0.3, 0.4) is 0 Å². The summed E-state index contributed by atoms with van der Waals surface area (Å²) in [5.41, 5.74) is 7.75. The van der Waals surface area contributed by atoms with Gasteiger partial charge in [-0.25, -0.2) is 0 Å². The second-order valence-electron chi connectivity index (χ2n) is 7.56. The van der Waals surface area contributed by atoms with E-state index in [1.807, 2.05) is 50.2 Å². The summed E-state index contributed by atoms with van der Waals surface area (Å²) in [5.74, 6) is -0.342. The molecule has 30 heavy (non-hydrogen) atoms. The van der Waals surface area contributed by atoms with Gasteiger partial charge in [-0.2, -0.15) is 5.26 Å². The van der Waals surface area contributed by atoms with Crippen LogP contribution in [0.25, 0.3) is 11.8 Å². The number of nitrogens with one attached hydrogen (secondary N) is 1. The number of para-hydroxylation sites is 1. The van der Waals surface area contributed by atoms with Crippen LogP contribution in [-0.2, 0) is 11.2 Å². The molecule has 0 spiro atoms. The largest absolute Gasteiger partial charge is 0.351 e. The molecule has 1 amide bonds. The second-order valence-corrected chi connectivity index (χ2v) is 7.56. The fourth-order valence-corrected chi connectivity index (χ4v) is 3.80. The molecule has 0 aliphatic heterocycles. The van der Waals surface area contributed by atoms with E-state index in [0.29, 0.717) is 6.54 Å². The molecule has 3 aromatic rings. The third kappa shape index (κ3) is 4.52. The van der Waals surface area contributed by atoms with Crippen molar-refractivity contribution in [3.63, 3.8) is 0 Å². The van der Waals surface area contributed by atoms with Gasteiger partial charge in [0.15, 0.2) is 0 Å². The molecule has 0 saturated carbocycles. The highest BCUT2D eigenvalue weighted by atomic mass is 16.1. The van der Waals surface area contributed by atoms with Gasteiger partial charge >= 0.3 is 0 Å². The van der Waals surface area contributed by atoms with Gasteiger partial charge in [0.05, 0.1) is 5.69 Å². The smallest absolute Gasteiger partial charge is 0.261 e. The van der Waals surface area contributed by atoms with Gasteiger partial charge in [-0.3, -0.25) is 4.79 Å². The van der Waals surface area contributed by atoms with Gasteiger partial charge in [-0.1, -0.05) is 48.5 Å². The molecule has 0 saturated heterocycles. The Morgan fingerprint density at radius 3 is 2.33 bits per heavy atom. The molecule has 0 bridgehead atoms. The third-order valence-corrected chi connectivity index (χ3v) is 5.34. The zero-order valence-corrected chi connectivity index (χ0v) is 18.0. The molecule has 152 valence electrons. The first-order valence-electron chi connectivity index (χ1n) is 10.1. The molecule has 1 heterocycles. The Balaban J connectivity index is 1.83. The van der Waals surface area contributed by atoms with Crippen LogP contribution in [0.5, 0.6) is 0 Å². The highest BCUT2D eigenvalue weighted by Gasteiger charge is 2.15. The minimum absolute atomic E-state index is 0.116. The van der Waals surface area contributed by atoms with Crippen LogP contribution in [0.1, 0.15) is 33.6 Å². The number of rotatable bonds is 6. The molecule has 0 atom stereocenters. The van der Waals surface area contributed by atoms with E-state index in [1.54, 1.807) is 6.08 Å². The van der Waals surface area contributed by atoms with Crippen molar-refractivity contribution in [2.45, 2.75) is 34.1 Å². The number of nitrogens with zero attached hydrogens (tertiary/aromatic N) is 2. The number of aromatic nitrogens is 1. The second kappa shape index (κ2) is 9.28. The summed E-state index contributed by atoms with van der Waals surface area (Å²) in [7, 11) is 0. The number of hydrogen-bond acceptors (Lipinski definition) is 2. The zero-order valence-electron chi connectivity index (χ0n) is 18.0. The molecular weight excluding hydrogens is 370 g/mol. The van der Waals surface area contributed by atoms with Gasteiger partial charge in [0.1, 0.15) is 11.6 Å². The summed E-state index contributed by atoms with van der Waals surface area (Å²) in [4.78, 5) is 12.5. The van der Waals surface area contributed by atoms with E-state index >= 15 is 0 Å². The maximum atomic E-state index is 12.5. The summed E-state index contributed by atoms with van der Waals surface area (Å²) in [6.45, 7) is 8.74. The summed E-state index contributed by atoms with van der Waals surface area (Å²) in [6.07, 6.45) is 2.41. The number of benzene rings is 2. The van der Waals surface area contributed by atoms with Crippen LogP contribution in [0.4, 0.5) is 0 Å². The van der Waals surface area contributed by atoms with Crippen molar-refractivity contribution < 1.29 is 4.79 Å². The summed E-state index contributed by atoms with van der Waals surface area (Å²) >= 11 is 0. The fraction of sp³-hybridized carbons (Fsp3) is 0.231. The normalized spacial score (nSPS) is 11.2. The van der Waals surface area contributed by atoms with E-state index in [4.69, 9.17) is 0 Å². The molecule has 0 fully saturated rings. The number of amides is 1. The molecular formula is C26H27N3O. The van der Waals surface area contributed by atoms with Crippen LogP contribution in [-0.4, -0.2) is 17.0 Å². The molecule has 0 aliphatic carbocycles. The Hall–Kier alpha value is -3.58. The summed E-state index contributed by atoms with van der Waals surface area (Å²) < 4.78 is 2.19. The van der Waals surface area contributed by atoms with Crippen LogP contribution in [0.15, 0.2) is 60.2 Å². The minimum atomic E-state index is -0.342. The molecule has 2 aromatic carbocycles. The van der Waals surface area contributed by atoms with Crippen LogP contribution in [0.2, 0.25) is 0 Å². The SMILES string of the molecule is Cc1cccc(C)c1-n1c(C)cc(/C=C(\C#N)C(=O)NCCc2ccccc2)c1C. The van der Waals surface area contributed by atoms with E-state index in [1.165, 1.54) is 11.1 Å². The van der Waals surface area contributed by atoms with E-state index in [0.717, 1.165) is 34.6 Å². The summed E-state index contributed by atoms with van der Waals surface area (Å²) in [6, 6.07) is 20.3. The molecule has 4 nitrogen and oxygen atoms in total. The van der Waals surface area contributed by atoms with Gasteiger partial charge in [0, 0.05) is 17.9 Å². The Morgan fingerprint density at radius 1 is 1.03 bits per heavy atom. The van der Waals surface area contributed by atoms with Gasteiger partial charge in [-0.05, 0) is 68.5 Å². The third-order valence-electron chi connectivity index (χ3n) is 5.34. The number of aryl methyl sites for hydroxylation is 3. The minimum Gasteiger partial charge on any atom is -0.351 e. The molecule has 0 radical (unpaired) electrons. The number of nitriles is 1. The van der Waals surface area contributed by atoms with Crippen molar-refractivity contribution in [1.82, 2.24) is 9.88 Å². The Kier molecular flexibility index (Phi) is 6.54. The van der Waals surface area contributed by atoms with E-state index in [-0.39, 0.29) is 11.5 Å². The first kappa shape index (κ1) is 21.1. The fourth-order valence-electron chi connectivity index (χ4n) is 3.80. The average Bonchev–Trinajstić information content (AvgIpc) is 3.00. The first-order chi connectivity index (χ1) is 14.4. The van der Waals surface area contributed by atoms with E-state index in [2.05, 4.69) is 48.0 Å². The maximum Gasteiger partial charge on any atom is 0.261 e. The highest BCUT2D eigenvalue weighted by Crippen LogP contribution is 2.27. The Labute approximate surface area is 178 Å². The molecule has 0 aliphatic rings. The molecule has 1 N–H and O–H groups in total. The topological polar surface area (TPSA) is 57.8 Å². The lowest BCUT2D eigenvalue weighted by molar-refractivity contribution is -0.117. The Bertz CT molecular complexity index is 1110. The van der Waals surface area contributed by atoms with Crippen LogP contribution < -0.4 is 5.32 Å². The number of hydrogen-bond donors (Lipinski definition) is 1. The molecule has 3 rings (SSSR count). The van der Waals surface area contributed by atoms with Crippen molar-refractivity contribution in [3.8, 4) is 11.8 Å². The van der Waals surface area contributed by atoms with E-state index in [9.17, 15) is 10.1 Å². The van der Waals surface area contributed by atoms with Gasteiger partial charge in [0.2, 0.25) is 0 Å². The zero-order chi connectivity index (χ0) is 21.7. The van der Waals surface area contributed by atoms with Gasteiger partial charge in [-0.15, -0.1) is 0 Å². The Morgan fingerprint density at radius 2 is 1.70 bits per heavy atom. The monoisotopic (exact) mass is 397 g/mol. The molecule has 0 unspecified atom stereocenters. The standard InChI is InChI=1S/C26H27N3O/c1-18-9-8-10-19(2)25(18)29-20(3)15-23(21(29)4)16-24(17-27)26(30)28-14-13-22-11-6-5-7-12-22/h5-12,15-16H,13-14H2,1-4H3,(H,28,30)/b24-16+. The van der Waals surface area contributed by atoms with Crippen LogP contribution in [0, 0.1) is 39.0 Å². The first-order valence-corrected chi connectivity index (χ1v) is 10.1.